The van der Waals surface area contributed by atoms with Crippen molar-refractivity contribution in [2.45, 2.75) is 17.7 Å². The van der Waals surface area contributed by atoms with Crippen molar-refractivity contribution in [2.75, 3.05) is 0 Å². The van der Waals surface area contributed by atoms with Gasteiger partial charge in [-0.25, -0.2) is 8.78 Å². The first-order valence-electron chi connectivity index (χ1n) is 3.66. The quantitative estimate of drug-likeness (QED) is 0.614. The maximum absolute atomic E-state index is 12.3. The van der Waals surface area contributed by atoms with Crippen LogP contribution in [0.3, 0.4) is 0 Å². The summed E-state index contributed by atoms with van der Waals surface area (Å²) in [7, 11) is 0. The molecule has 0 spiro atoms. The molecule has 0 saturated heterocycles. The lowest BCUT2D eigenvalue weighted by Crippen LogP contribution is -2.18. The Kier molecular flexibility index (Phi) is 3.43. The van der Waals surface area contributed by atoms with E-state index in [0.717, 1.165) is 18.2 Å². The Hall–Kier alpha value is -0.980. The van der Waals surface area contributed by atoms with Gasteiger partial charge < -0.3 is 4.74 Å². The van der Waals surface area contributed by atoms with Crippen LogP contribution in [0.25, 0.3) is 0 Å². The molecule has 0 radical (unpaired) electrons. The van der Waals surface area contributed by atoms with Crippen LogP contribution in [0.4, 0.5) is 22.0 Å². The Morgan fingerprint density at radius 1 is 1.20 bits per heavy atom. The summed E-state index contributed by atoms with van der Waals surface area (Å²) in [6, 6.07) is 2.79. The van der Waals surface area contributed by atoms with E-state index in [4.69, 9.17) is 0 Å². The minimum atomic E-state index is -4.99. The molecule has 0 atom stereocenters. The molecule has 0 aliphatic rings. The van der Waals surface area contributed by atoms with Gasteiger partial charge in [0, 0.05) is 4.90 Å². The predicted octanol–water partition coefficient (Wildman–Crippen LogP) is 3.81. The molecule has 0 unspecified atom stereocenters. The molecule has 0 amide bonds. The van der Waals surface area contributed by atoms with E-state index in [1.54, 1.807) is 0 Å². The SMILES string of the molecule is FC(F)c1ccc(S)cc1OC(F)(F)F. The summed E-state index contributed by atoms with van der Waals surface area (Å²) < 4.78 is 63.4. The van der Waals surface area contributed by atoms with Gasteiger partial charge in [-0.1, -0.05) is 0 Å². The molecule has 0 aliphatic heterocycles. The van der Waals surface area contributed by atoms with Crippen molar-refractivity contribution >= 4 is 12.6 Å². The van der Waals surface area contributed by atoms with E-state index in [-0.39, 0.29) is 4.90 Å². The highest BCUT2D eigenvalue weighted by molar-refractivity contribution is 7.80. The van der Waals surface area contributed by atoms with Crippen molar-refractivity contribution in [3.63, 3.8) is 0 Å². The number of hydrogen-bond acceptors (Lipinski definition) is 2. The largest absolute Gasteiger partial charge is 0.573 e. The average Bonchev–Trinajstić information content (AvgIpc) is 1.99. The molecule has 1 rings (SSSR count). The summed E-state index contributed by atoms with van der Waals surface area (Å²) in [5.74, 6) is -0.926. The Morgan fingerprint density at radius 2 is 1.80 bits per heavy atom. The first-order chi connectivity index (χ1) is 6.79. The minimum absolute atomic E-state index is 0.110. The van der Waals surface area contributed by atoms with Crippen molar-refractivity contribution in [3.8, 4) is 5.75 Å². The van der Waals surface area contributed by atoms with Crippen LogP contribution in [-0.2, 0) is 0 Å². The summed E-state index contributed by atoms with van der Waals surface area (Å²) in [5.41, 5.74) is -0.815. The van der Waals surface area contributed by atoms with E-state index in [0.29, 0.717) is 0 Å². The number of halogens is 5. The van der Waals surface area contributed by atoms with Crippen molar-refractivity contribution in [1.82, 2.24) is 0 Å². The van der Waals surface area contributed by atoms with Gasteiger partial charge in [-0.3, -0.25) is 0 Å². The Labute approximate surface area is 87.3 Å². The van der Waals surface area contributed by atoms with Crippen molar-refractivity contribution < 1.29 is 26.7 Å². The molecule has 15 heavy (non-hydrogen) atoms. The molecule has 0 saturated carbocycles. The molecule has 0 N–H and O–H groups in total. The molecule has 7 heteroatoms. The second-order valence-electron chi connectivity index (χ2n) is 2.57. The average molecular weight is 244 g/mol. The van der Waals surface area contributed by atoms with Crippen LogP contribution in [0.1, 0.15) is 12.0 Å². The summed E-state index contributed by atoms with van der Waals surface area (Å²) in [5, 5.41) is 0. The second kappa shape index (κ2) is 4.26. The number of thiol groups is 1. The molecule has 0 heterocycles. The molecular weight excluding hydrogens is 239 g/mol. The summed E-state index contributed by atoms with van der Waals surface area (Å²) in [6.45, 7) is 0. The van der Waals surface area contributed by atoms with E-state index >= 15 is 0 Å². The highest BCUT2D eigenvalue weighted by Crippen LogP contribution is 2.34. The Morgan fingerprint density at radius 3 is 2.27 bits per heavy atom. The standard InChI is InChI=1S/C8H5F5OS/c9-7(10)5-2-1-4(15)3-6(5)14-8(11,12)13/h1-3,7,15H. The molecule has 1 nitrogen and oxygen atoms in total. The molecular formula is C8H5F5OS. The van der Waals surface area contributed by atoms with Gasteiger partial charge in [0.15, 0.2) is 0 Å². The van der Waals surface area contributed by atoms with Crippen LogP contribution in [0.2, 0.25) is 0 Å². The van der Waals surface area contributed by atoms with Crippen LogP contribution >= 0.6 is 12.6 Å². The van der Waals surface area contributed by atoms with Gasteiger partial charge in [-0.05, 0) is 18.2 Å². The summed E-state index contributed by atoms with van der Waals surface area (Å²) in [4.78, 5) is 0.110. The number of hydrogen-bond donors (Lipinski definition) is 1. The van der Waals surface area contributed by atoms with E-state index < -0.39 is 24.1 Å². The fraction of sp³-hybridized carbons (Fsp3) is 0.250. The molecule has 0 bridgehead atoms. The van der Waals surface area contributed by atoms with Gasteiger partial charge in [0.25, 0.3) is 6.43 Å². The molecule has 0 aromatic heterocycles. The lowest BCUT2D eigenvalue weighted by atomic mass is 10.2. The second-order valence-corrected chi connectivity index (χ2v) is 3.09. The van der Waals surface area contributed by atoms with Gasteiger partial charge >= 0.3 is 6.36 Å². The minimum Gasteiger partial charge on any atom is -0.405 e. The number of alkyl halides is 5. The predicted molar refractivity (Wildman–Crippen MR) is 45.3 cm³/mol. The topological polar surface area (TPSA) is 9.23 Å². The normalized spacial score (nSPS) is 11.9. The molecule has 1 aromatic carbocycles. The zero-order valence-electron chi connectivity index (χ0n) is 7.05. The first kappa shape index (κ1) is 12.1. The number of ether oxygens (including phenoxy) is 1. The smallest absolute Gasteiger partial charge is 0.405 e. The van der Waals surface area contributed by atoms with Crippen LogP contribution in [0.5, 0.6) is 5.75 Å². The van der Waals surface area contributed by atoms with Gasteiger partial charge in [0.2, 0.25) is 0 Å². The van der Waals surface area contributed by atoms with Gasteiger partial charge in [-0.15, -0.1) is 25.8 Å². The number of rotatable bonds is 2. The maximum atomic E-state index is 12.3. The van der Waals surface area contributed by atoms with E-state index in [2.05, 4.69) is 17.4 Å². The van der Waals surface area contributed by atoms with E-state index in [1.165, 1.54) is 0 Å². The van der Waals surface area contributed by atoms with Crippen LogP contribution in [0.15, 0.2) is 23.1 Å². The monoisotopic (exact) mass is 244 g/mol. The van der Waals surface area contributed by atoms with Crippen molar-refractivity contribution in [3.05, 3.63) is 23.8 Å². The third kappa shape index (κ3) is 3.58. The Bertz CT molecular complexity index is 349. The Balaban J connectivity index is 3.08. The third-order valence-electron chi connectivity index (χ3n) is 1.46. The highest BCUT2D eigenvalue weighted by Gasteiger charge is 2.33. The lowest BCUT2D eigenvalue weighted by molar-refractivity contribution is -0.275. The van der Waals surface area contributed by atoms with E-state index in [1.807, 2.05) is 0 Å². The molecule has 0 aliphatic carbocycles. The summed E-state index contributed by atoms with van der Waals surface area (Å²) >= 11 is 3.73. The summed E-state index contributed by atoms with van der Waals surface area (Å²) in [6.07, 6.45) is -8.03. The van der Waals surface area contributed by atoms with Crippen molar-refractivity contribution in [2.24, 2.45) is 0 Å². The fourth-order valence-corrected chi connectivity index (χ4v) is 1.11. The van der Waals surface area contributed by atoms with Crippen LogP contribution in [-0.4, -0.2) is 6.36 Å². The zero-order valence-corrected chi connectivity index (χ0v) is 7.95. The van der Waals surface area contributed by atoms with Crippen LogP contribution in [0, 0.1) is 0 Å². The highest BCUT2D eigenvalue weighted by atomic mass is 32.1. The zero-order chi connectivity index (χ0) is 11.6. The molecule has 0 fully saturated rings. The molecule has 84 valence electrons. The third-order valence-corrected chi connectivity index (χ3v) is 1.74. The first-order valence-corrected chi connectivity index (χ1v) is 4.11. The van der Waals surface area contributed by atoms with Crippen molar-refractivity contribution in [1.29, 1.82) is 0 Å². The fourth-order valence-electron chi connectivity index (χ4n) is 0.916. The van der Waals surface area contributed by atoms with Gasteiger partial charge in [0.1, 0.15) is 5.75 Å². The molecule has 1 aromatic rings. The van der Waals surface area contributed by atoms with E-state index in [9.17, 15) is 22.0 Å². The number of benzene rings is 1. The lowest BCUT2D eigenvalue weighted by Gasteiger charge is -2.13. The van der Waals surface area contributed by atoms with Gasteiger partial charge in [-0.2, -0.15) is 0 Å². The van der Waals surface area contributed by atoms with Gasteiger partial charge in [0.05, 0.1) is 5.56 Å². The maximum Gasteiger partial charge on any atom is 0.573 e. The van der Waals surface area contributed by atoms with Crippen LogP contribution < -0.4 is 4.74 Å².